The highest BCUT2D eigenvalue weighted by Crippen LogP contribution is 2.22. The molecule has 0 aromatic heterocycles. The number of non-ortho nitro benzene ring substituents is 1. The van der Waals surface area contributed by atoms with E-state index in [-0.39, 0.29) is 24.1 Å². The number of carbonyl (C=O) groups is 2. The first-order valence-corrected chi connectivity index (χ1v) is 5.37. The molecule has 1 atom stereocenters. The van der Waals surface area contributed by atoms with Gasteiger partial charge in [0.15, 0.2) is 0 Å². The summed E-state index contributed by atoms with van der Waals surface area (Å²) in [6, 6.07) is 4.57. The SMILES string of the molecule is CC1CC(=O)N(c2ccc([N+](=O)[O-])cc2)C(=O)N1. The molecule has 1 aromatic rings. The largest absolute Gasteiger partial charge is 0.334 e. The molecule has 0 bridgehead atoms. The maximum Gasteiger partial charge on any atom is 0.328 e. The predicted octanol–water partition coefficient (Wildman–Crippen LogP) is 1.43. The zero-order valence-electron chi connectivity index (χ0n) is 9.62. The Labute approximate surface area is 103 Å². The lowest BCUT2D eigenvalue weighted by molar-refractivity contribution is -0.384. The van der Waals surface area contributed by atoms with Gasteiger partial charge in [-0.25, -0.2) is 9.69 Å². The number of benzene rings is 1. The highest BCUT2D eigenvalue weighted by molar-refractivity contribution is 6.16. The molecule has 7 nitrogen and oxygen atoms in total. The lowest BCUT2D eigenvalue weighted by Crippen LogP contribution is -2.54. The molecule has 1 fully saturated rings. The maximum atomic E-state index is 11.8. The monoisotopic (exact) mass is 249 g/mol. The number of nitrogens with one attached hydrogen (secondary N) is 1. The van der Waals surface area contributed by atoms with Crippen molar-refractivity contribution in [2.75, 3.05) is 4.90 Å². The lowest BCUT2D eigenvalue weighted by atomic mass is 10.1. The van der Waals surface area contributed by atoms with Crippen molar-refractivity contribution >= 4 is 23.3 Å². The normalized spacial score (nSPS) is 19.6. The van der Waals surface area contributed by atoms with Crippen LogP contribution in [0, 0.1) is 10.1 Å². The molecule has 7 heteroatoms. The third-order valence-corrected chi connectivity index (χ3v) is 2.62. The highest BCUT2D eigenvalue weighted by Gasteiger charge is 2.31. The summed E-state index contributed by atoms with van der Waals surface area (Å²) in [5.74, 6) is -0.319. The van der Waals surface area contributed by atoms with E-state index in [9.17, 15) is 19.7 Å². The first kappa shape index (κ1) is 12.0. The Morgan fingerprint density at radius 3 is 2.44 bits per heavy atom. The van der Waals surface area contributed by atoms with E-state index in [1.165, 1.54) is 24.3 Å². The molecule has 1 heterocycles. The van der Waals surface area contributed by atoms with Gasteiger partial charge in [0.25, 0.3) is 5.69 Å². The third-order valence-electron chi connectivity index (χ3n) is 2.62. The van der Waals surface area contributed by atoms with Gasteiger partial charge < -0.3 is 5.32 Å². The number of nitro benzene ring substituents is 1. The van der Waals surface area contributed by atoms with E-state index in [2.05, 4.69) is 5.32 Å². The molecule has 94 valence electrons. The van der Waals surface area contributed by atoms with Crippen LogP contribution in [0.2, 0.25) is 0 Å². The summed E-state index contributed by atoms with van der Waals surface area (Å²) in [6.07, 6.45) is 0.211. The Morgan fingerprint density at radius 1 is 1.33 bits per heavy atom. The minimum atomic E-state index is -0.538. The number of amides is 3. The molecule has 1 unspecified atom stereocenters. The van der Waals surface area contributed by atoms with Crippen LogP contribution in [0.4, 0.5) is 16.2 Å². The van der Waals surface area contributed by atoms with Gasteiger partial charge in [0, 0.05) is 24.6 Å². The molecule has 1 saturated heterocycles. The third kappa shape index (κ3) is 2.15. The van der Waals surface area contributed by atoms with Crippen LogP contribution in [0.15, 0.2) is 24.3 Å². The smallest absolute Gasteiger partial charge is 0.328 e. The molecule has 18 heavy (non-hydrogen) atoms. The second kappa shape index (κ2) is 4.44. The van der Waals surface area contributed by atoms with Gasteiger partial charge in [0.05, 0.1) is 10.6 Å². The summed E-state index contributed by atoms with van der Waals surface area (Å²) in [7, 11) is 0. The topological polar surface area (TPSA) is 92.6 Å². The molecule has 0 aliphatic carbocycles. The van der Waals surface area contributed by atoms with Crippen molar-refractivity contribution in [3.8, 4) is 0 Å². The van der Waals surface area contributed by atoms with Crippen molar-refractivity contribution in [2.24, 2.45) is 0 Å². The second-order valence-electron chi connectivity index (χ2n) is 4.06. The summed E-state index contributed by atoms with van der Waals surface area (Å²) in [5.41, 5.74) is 0.243. The van der Waals surface area contributed by atoms with E-state index < -0.39 is 11.0 Å². The Kier molecular flexibility index (Phi) is 2.97. The van der Waals surface area contributed by atoms with Crippen LogP contribution in [0.5, 0.6) is 0 Å². The van der Waals surface area contributed by atoms with E-state index in [0.717, 1.165) is 4.90 Å². The van der Waals surface area contributed by atoms with Crippen LogP contribution in [-0.4, -0.2) is 22.9 Å². The van der Waals surface area contributed by atoms with Gasteiger partial charge in [-0.1, -0.05) is 0 Å². The van der Waals surface area contributed by atoms with Crippen molar-refractivity contribution in [3.63, 3.8) is 0 Å². The van der Waals surface area contributed by atoms with Gasteiger partial charge in [-0.2, -0.15) is 0 Å². The minimum absolute atomic E-state index is 0.0861. The van der Waals surface area contributed by atoms with E-state index in [4.69, 9.17) is 0 Å². The van der Waals surface area contributed by atoms with E-state index in [1.54, 1.807) is 6.92 Å². The fourth-order valence-corrected chi connectivity index (χ4v) is 1.78. The highest BCUT2D eigenvalue weighted by atomic mass is 16.6. The van der Waals surface area contributed by atoms with E-state index >= 15 is 0 Å². The average Bonchev–Trinajstić information content (AvgIpc) is 2.28. The molecule has 0 spiro atoms. The number of nitrogens with zero attached hydrogens (tertiary/aromatic N) is 2. The number of anilines is 1. The summed E-state index contributed by atoms with van der Waals surface area (Å²) in [4.78, 5) is 34.4. The van der Waals surface area contributed by atoms with Crippen molar-refractivity contribution in [2.45, 2.75) is 19.4 Å². The molecule has 1 aromatic carbocycles. The van der Waals surface area contributed by atoms with Crippen LogP contribution in [0.25, 0.3) is 0 Å². The Balaban J connectivity index is 2.28. The zero-order valence-corrected chi connectivity index (χ0v) is 9.62. The van der Waals surface area contributed by atoms with E-state index in [1.807, 2.05) is 0 Å². The van der Waals surface area contributed by atoms with Crippen LogP contribution in [0.3, 0.4) is 0 Å². The van der Waals surface area contributed by atoms with Crippen molar-refractivity contribution < 1.29 is 14.5 Å². The first-order chi connectivity index (χ1) is 8.49. The number of imide groups is 1. The lowest BCUT2D eigenvalue weighted by Gasteiger charge is -2.29. The Hall–Kier alpha value is -2.44. The van der Waals surface area contributed by atoms with Gasteiger partial charge in [-0.3, -0.25) is 14.9 Å². The van der Waals surface area contributed by atoms with Crippen molar-refractivity contribution in [1.82, 2.24) is 5.32 Å². The molecule has 1 aliphatic rings. The second-order valence-corrected chi connectivity index (χ2v) is 4.06. The number of hydrogen-bond donors (Lipinski definition) is 1. The zero-order chi connectivity index (χ0) is 13.3. The van der Waals surface area contributed by atoms with Gasteiger partial charge in [0.1, 0.15) is 0 Å². The first-order valence-electron chi connectivity index (χ1n) is 5.37. The van der Waals surface area contributed by atoms with Crippen LogP contribution in [-0.2, 0) is 4.79 Å². The molecule has 0 saturated carbocycles. The van der Waals surface area contributed by atoms with Crippen LogP contribution in [0.1, 0.15) is 13.3 Å². The average molecular weight is 249 g/mol. The number of hydrogen-bond acceptors (Lipinski definition) is 4. The molecule has 3 amide bonds. The fourth-order valence-electron chi connectivity index (χ4n) is 1.78. The quantitative estimate of drug-likeness (QED) is 0.633. The maximum absolute atomic E-state index is 11.8. The number of rotatable bonds is 2. The predicted molar refractivity (Wildman–Crippen MR) is 63.2 cm³/mol. The number of urea groups is 1. The Bertz CT molecular complexity index is 494. The Morgan fingerprint density at radius 2 is 1.94 bits per heavy atom. The summed E-state index contributed by atoms with van der Waals surface area (Å²) in [6.45, 7) is 1.74. The van der Waals surface area contributed by atoms with Crippen LogP contribution < -0.4 is 10.2 Å². The molecule has 0 radical (unpaired) electrons. The van der Waals surface area contributed by atoms with Gasteiger partial charge >= 0.3 is 6.03 Å². The number of nitro groups is 1. The van der Waals surface area contributed by atoms with Gasteiger partial charge in [0.2, 0.25) is 5.91 Å². The van der Waals surface area contributed by atoms with Gasteiger partial charge in [-0.05, 0) is 19.1 Å². The summed E-state index contributed by atoms with van der Waals surface area (Å²) < 4.78 is 0. The standard InChI is InChI=1S/C11H11N3O4/c1-7-6-10(15)13(11(16)12-7)8-2-4-9(5-3-8)14(17)18/h2-5,7H,6H2,1H3,(H,12,16). The van der Waals surface area contributed by atoms with Gasteiger partial charge in [-0.15, -0.1) is 0 Å². The summed E-state index contributed by atoms with van der Waals surface area (Å²) in [5, 5.41) is 13.1. The van der Waals surface area contributed by atoms with E-state index in [0.29, 0.717) is 5.69 Å². The molecule has 2 rings (SSSR count). The minimum Gasteiger partial charge on any atom is -0.334 e. The van der Waals surface area contributed by atoms with Crippen molar-refractivity contribution in [1.29, 1.82) is 0 Å². The summed E-state index contributed by atoms with van der Waals surface area (Å²) >= 11 is 0. The van der Waals surface area contributed by atoms with Crippen LogP contribution >= 0.6 is 0 Å². The fraction of sp³-hybridized carbons (Fsp3) is 0.273. The molecule has 1 aliphatic heterocycles. The van der Waals surface area contributed by atoms with Crippen molar-refractivity contribution in [3.05, 3.63) is 34.4 Å². The molecular weight excluding hydrogens is 238 g/mol. The molecule has 1 N–H and O–H groups in total. The number of carbonyl (C=O) groups excluding carboxylic acids is 2. The molecular formula is C11H11N3O4.